The highest BCUT2D eigenvalue weighted by molar-refractivity contribution is 7.88. The van der Waals surface area contributed by atoms with Gasteiger partial charge in [0.05, 0.1) is 24.5 Å². The van der Waals surface area contributed by atoms with E-state index in [2.05, 4.69) is 0 Å². The molecule has 25 heavy (non-hydrogen) atoms. The first kappa shape index (κ1) is 17.5. The first-order chi connectivity index (χ1) is 12.0. The van der Waals surface area contributed by atoms with Gasteiger partial charge in [0.2, 0.25) is 10.0 Å². The van der Waals surface area contributed by atoms with Crippen LogP contribution in [0.25, 0.3) is 0 Å². The number of ether oxygens (including phenoxy) is 1. The standard InChI is InChI=1S/C19H20N2O3S/c1-24-18-5-2-4-17(12-18)19-6-3-11-21(19)25(22,23)14-16-9-7-15(13-20)8-10-16/h2,4-5,7-10,12,19H,3,6,11,14H2,1H3. The molecule has 1 atom stereocenters. The molecule has 6 heteroatoms. The summed E-state index contributed by atoms with van der Waals surface area (Å²) in [6.45, 7) is 0.528. The number of hydrogen-bond acceptors (Lipinski definition) is 4. The van der Waals surface area contributed by atoms with Crippen molar-refractivity contribution >= 4 is 10.0 Å². The summed E-state index contributed by atoms with van der Waals surface area (Å²) in [4.78, 5) is 0. The first-order valence-corrected chi connectivity index (χ1v) is 9.77. The molecule has 1 aliphatic heterocycles. The van der Waals surface area contributed by atoms with E-state index in [1.54, 1.807) is 35.7 Å². The van der Waals surface area contributed by atoms with Crippen LogP contribution in [0.2, 0.25) is 0 Å². The summed E-state index contributed by atoms with van der Waals surface area (Å²) >= 11 is 0. The Bertz CT molecular complexity index is 886. The molecule has 0 N–H and O–H groups in total. The molecule has 0 amide bonds. The molecule has 0 bridgehead atoms. The largest absolute Gasteiger partial charge is 0.497 e. The predicted octanol–water partition coefficient (Wildman–Crippen LogP) is 3.23. The van der Waals surface area contributed by atoms with Gasteiger partial charge in [0.25, 0.3) is 0 Å². The number of nitrogens with zero attached hydrogens (tertiary/aromatic N) is 2. The minimum atomic E-state index is -3.44. The van der Waals surface area contributed by atoms with Crippen LogP contribution < -0.4 is 4.74 Å². The molecule has 1 fully saturated rings. The maximum absolute atomic E-state index is 12.9. The van der Waals surface area contributed by atoms with Crippen LogP contribution in [-0.2, 0) is 15.8 Å². The molecule has 0 saturated carbocycles. The summed E-state index contributed by atoms with van der Waals surface area (Å²) in [5, 5.41) is 8.85. The van der Waals surface area contributed by atoms with Gasteiger partial charge in [0, 0.05) is 12.6 Å². The average molecular weight is 356 g/mol. The fraction of sp³-hybridized carbons (Fsp3) is 0.316. The molecule has 1 aliphatic rings. The maximum Gasteiger partial charge on any atom is 0.218 e. The normalized spacial score (nSPS) is 18.0. The van der Waals surface area contributed by atoms with Gasteiger partial charge in [-0.05, 0) is 48.2 Å². The smallest absolute Gasteiger partial charge is 0.218 e. The lowest BCUT2D eigenvalue weighted by atomic mass is 10.1. The van der Waals surface area contributed by atoms with E-state index in [9.17, 15) is 8.42 Å². The third kappa shape index (κ3) is 3.84. The second-order valence-electron chi connectivity index (χ2n) is 6.11. The molecule has 2 aromatic rings. The minimum absolute atomic E-state index is 0.0564. The van der Waals surface area contributed by atoms with E-state index < -0.39 is 10.0 Å². The van der Waals surface area contributed by atoms with Crippen molar-refractivity contribution in [2.24, 2.45) is 0 Å². The van der Waals surface area contributed by atoms with Crippen LogP contribution in [0.1, 0.15) is 35.6 Å². The van der Waals surface area contributed by atoms with Gasteiger partial charge in [-0.15, -0.1) is 0 Å². The topological polar surface area (TPSA) is 70.4 Å². The van der Waals surface area contributed by atoms with Crippen molar-refractivity contribution < 1.29 is 13.2 Å². The van der Waals surface area contributed by atoms with E-state index in [4.69, 9.17) is 10.00 Å². The Kier molecular flexibility index (Phi) is 5.07. The highest BCUT2D eigenvalue weighted by atomic mass is 32.2. The van der Waals surface area contributed by atoms with E-state index in [1.807, 2.05) is 30.3 Å². The molecule has 1 saturated heterocycles. The molecule has 1 unspecified atom stereocenters. The fourth-order valence-corrected chi connectivity index (χ4v) is 5.03. The van der Waals surface area contributed by atoms with Crippen LogP contribution >= 0.6 is 0 Å². The van der Waals surface area contributed by atoms with Gasteiger partial charge in [-0.1, -0.05) is 24.3 Å². The summed E-state index contributed by atoms with van der Waals surface area (Å²) in [5.74, 6) is 0.674. The fourth-order valence-electron chi connectivity index (χ4n) is 3.22. The third-order valence-electron chi connectivity index (χ3n) is 4.47. The van der Waals surface area contributed by atoms with Crippen molar-refractivity contribution in [2.45, 2.75) is 24.6 Å². The molecule has 5 nitrogen and oxygen atoms in total. The molecule has 2 aromatic carbocycles. The Balaban J connectivity index is 1.83. The van der Waals surface area contributed by atoms with Crippen LogP contribution in [0.5, 0.6) is 5.75 Å². The molecule has 0 spiro atoms. The highest BCUT2D eigenvalue weighted by Crippen LogP contribution is 2.36. The van der Waals surface area contributed by atoms with Crippen molar-refractivity contribution in [3.8, 4) is 11.8 Å². The van der Waals surface area contributed by atoms with Crippen molar-refractivity contribution in [3.63, 3.8) is 0 Å². The monoisotopic (exact) mass is 356 g/mol. The van der Waals surface area contributed by atoms with Crippen molar-refractivity contribution in [1.29, 1.82) is 5.26 Å². The highest BCUT2D eigenvalue weighted by Gasteiger charge is 2.35. The first-order valence-electron chi connectivity index (χ1n) is 8.16. The number of methoxy groups -OCH3 is 1. The van der Waals surface area contributed by atoms with E-state index in [-0.39, 0.29) is 11.8 Å². The van der Waals surface area contributed by atoms with Crippen LogP contribution in [0.4, 0.5) is 0 Å². The number of sulfonamides is 1. The van der Waals surface area contributed by atoms with Gasteiger partial charge in [-0.25, -0.2) is 8.42 Å². The van der Waals surface area contributed by atoms with Crippen molar-refractivity contribution in [1.82, 2.24) is 4.31 Å². The summed E-state index contributed by atoms with van der Waals surface area (Å²) in [6.07, 6.45) is 1.65. The van der Waals surface area contributed by atoms with E-state index in [0.717, 1.165) is 24.2 Å². The zero-order valence-electron chi connectivity index (χ0n) is 14.1. The Labute approximate surface area is 148 Å². The molecule has 1 heterocycles. The van der Waals surface area contributed by atoms with E-state index in [1.165, 1.54) is 0 Å². The van der Waals surface area contributed by atoms with Crippen molar-refractivity contribution in [2.75, 3.05) is 13.7 Å². The van der Waals surface area contributed by atoms with E-state index in [0.29, 0.717) is 17.7 Å². The van der Waals surface area contributed by atoms with Gasteiger partial charge in [0.15, 0.2) is 0 Å². The summed E-state index contributed by atoms with van der Waals surface area (Å²) in [7, 11) is -1.84. The maximum atomic E-state index is 12.9. The van der Waals surface area contributed by atoms with Gasteiger partial charge < -0.3 is 4.74 Å². The Morgan fingerprint density at radius 2 is 2.00 bits per heavy atom. The second kappa shape index (κ2) is 7.26. The zero-order valence-corrected chi connectivity index (χ0v) is 14.9. The van der Waals surface area contributed by atoms with Gasteiger partial charge in [0.1, 0.15) is 5.75 Å². The molecular weight excluding hydrogens is 336 g/mol. The van der Waals surface area contributed by atoms with Gasteiger partial charge in [-0.2, -0.15) is 9.57 Å². The zero-order chi connectivity index (χ0) is 17.9. The quantitative estimate of drug-likeness (QED) is 0.825. The third-order valence-corrected chi connectivity index (χ3v) is 6.32. The number of benzene rings is 2. The summed E-state index contributed by atoms with van der Waals surface area (Å²) in [5.41, 5.74) is 2.17. The Hall–Kier alpha value is -2.36. The lowest BCUT2D eigenvalue weighted by Crippen LogP contribution is -2.31. The summed E-state index contributed by atoms with van der Waals surface area (Å²) in [6, 6.07) is 16.2. The summed E-state index contributed by atoms with van der Waals surface area (Å²) < 4.78 is 32.7. The Morgan fingerprint density at radius 1 is 1.24 bits per heavy atom. The van der Waals surface area contributed by atoms with E-state index >= 15 is 0 Å². The average Bonchev–Trinajstić information content (AvgIpc) is 3.13. The van der Waals surface area contributed by atoms with Crippen molar-refractivity contribution in [3.05, 3.63) is 65.2 Å². The molecular formula is C19H20N2O3S. The van der Waals surface area contributed by atoms with Crippen LogP contribution in [-0.4, -0.2) is 26.4 Å². The molecule has 3 rings (SSSR count). The second-order valence-corrected chi connectivity index (χ2v) is 8.03. The lowest BCUT2D eigenvalue weighted by molar-refractivity contribution is 0.389. The number of nitriles is 1. The molecule has 130 valence electrons. The number of hydrogen-bond donors (Lipinski definition) is 0. The SMILES string of the molecule is COc1cccc(C2CCCN2S(=O)(=O)Cc2ccc(C#N)cc2)c1. The molecule has 0 aromatic heterocycles. The van der Waals surface area contributed by atoms with Crippen LogP contribution in [0.15, 0.2) is 48.5 Å². The van der Waals surface area contributed by atoms with Crippen LogP contribution in [0.3, 0.4) is 0 Å². The predicted molar refractivity (Wildman–Crippen MR) is 95.5 cm³/mol. The molecule has 0 aliphatic carbocycles. The minimum Gasteiger partial charge on any atom is -0.497 e. The van der Waals surface area contributed by atoms with Gasteiger partial charge >= 0.3 is 0 Å². The lowest BCUT2D eigenvalue weighted by Gasteiger charge is -2.24. The van der Waals surface area contributed by atoms with Crippen LogP contribution in [0, 0.1) is 11.3 Å². The number of rotatable bonds is 5. The Morgan fingerprint density at radius 3 is 2.68 bits per heavy atom. The van der Waals surface area contributed by atoms with Gasteiger partial charge in [-0.3, -0.25) is 0 Å². The molecule has 0 radical (unpaired) electrons.